The van der Waals surface area contributed by atoms with Crippen LogP contribution in [0.1, 0.15) is 5.56 Å². The van der Waals surface area contributed by atoms with E-state index in [0.717, 1.165) is 16.7 Å². The summed E-state index contributed by atoms with van der Waals surface area (Å²) < 4.78 is 13.5. The third-order valence-electron chi connectivity index (χ3n) is 3.59. The Labute approximate surface area is 149 Å². The molecular weight excluding hydrogens is 339 g/mol. The van der Waals surface area contributed by atoms with Crippen molar-refractivity contribution in [1.29, 1.82) is 0 Å². The van der Waals surface area contributed by atoms with Crippen molar-refractivity contribution in [1.82, 2.24) is 15.3 Å². The average molecular weight is 356 g/mol. The van der Waals surface area contributed by atoms with Crippen LogP contribution in [0.15, 0.2) is 53.7 Å². The molecule has 128 valence electrons. The van der Waals surface area contributed by atoms with E-state index >= 15 is 0 Å². The molecule has 25 heavy (non-hydrogen) atoms. The first-order valence-electron chi connectivity index (χ1n) is 7.75. The second-order valence-electron chi connectivity index (χ2n) is 5.28. The Hall–Kier alpha value is -2.67. The molecule has 1 heterocycles. The summed E-state index contributed by atoms with van der Waals surface area (Å²) in [5.74, 6) is 0.360. The van der Waals surface area contributed by atoms with Crippen LogP contribution in [0.4, 0.5) is 10.2 Å². The number of aromatic nitrogens is 2. The standard InChI is InChI=1S/C18H17FN4OS/c1-20-17-13-7-3-5-9-15(13)22-18(23-17)25-11-16(24)21-10-12-6-2-4-8-14(12)19/h2-9H,10-11H2,1H3,(H,21,24)(H,20,22,23). The molecule has 2 N–H and O–H groups in total. The lowest BCUT2D eigenvalue weighted by Crippen LogP contribution is -2.25. The Bertz CT molecular complexity index is 903. The Morgan fingerprint density at radius 1 is 1.12 bits per heavy atom. The van der Waals surface area contributed by atoms with E-state index < -0.39 is 0 Å². The van der Waals surface area contributed by atoms with Crippen molar-refractivity contribution in [2.45, 2.75) is 11.7 Å². The fourth-order valence-corrected chi connectivity index (χ4v) is 3.01. The molecule has 0 radical (unpaired) electrons. The SMILES string of the molecule is CNc1nc(SCC(=O)NCc2ccccc2F)nc2ccccc12. The molecule has 0 saturated heterocycles. The van der Waals surface area contributed by atoms with Crippen molar-refractivity contribution >= 4 is 34.4 Å². The predicted octanol–water partition coefficient (Wildman–Crippen LogP) is 3.22. The minimum absolute atomic E-state index is 0.159. The van der Waals surface area contributed by atoms with Gasteiger partial charge in [-0.1, -0.05) is 42.1 Å². The van der Waals surface area contributed by atoms with E-state index in [-0.39, 0.29) is 24.0 Å². The number of para-hydroxylation sites is 1. The molecule has 2 aromatic carbocycles. The fourth-order valence-electron chi connectivity index (χ4n) is 2.33. The predicted molar refractivity (Wildman–Crippen MR) is 98.1 cm³/mol. The normalized spacial score (nSPS) is 10.6. The van der Waals surface area contributed by atoms with Gasteiger partial charge in [0.1, 0.15) is 11.6 Å². The lowest BCUT2D eigenvalue weighted by molar-refractivity contribution is -0.118. The maximum atomic E-state index is 13.5. The molecule has 0 aliphatic heterocycles. The van der Waals surface area contributed by atoms with Gasteiger partial charge in [-0.2, -0.15) is 0 Å². The lowest BCUT2D eigenvalue weighted by atomic mass is 10.2. The van der Waals surface area contributed by atoms with E-state index in [2.05, 4.69) is 20.6 Å². The summed E-state index contributed by atoms with van der Waals surface area (Å²) in [6, 6.07) is 14.1. The average Bonchev–Trinajstić information content (AvgIpc) is 2.65. The van der Waals surface area contributed by atoms with Crippen LogP contribution in [-0.2, 0) is 11.3 Å². The number of halogens is 1. The maximum Gasteiger partial charge on any atom is 0.230 e. The van der Waals surface area contributed by atoms with E-state index in [1.807, 2.05) is 24.3 Å². The molecule has 3 rings (SSSR count). The molecular formula is C18H17FN4OS. The van der Waals surface area contributed by atoms with Crippen molar-refractivity contribution < 1.29 is 9.18 Å². The maximum absolute atomic E-state index is 13.5. The van der Waals surface area contributed by atoms with Gasteiger partial charge in [-0.3, -0.25) is 4.79 Å². The van der Waals surface area contributed by atoms with Gasteiger partial charge < -0.3 is 10.6 Å². The summed E-state index contributed by atoms with van der Waals surface area (Å²) >= 11 is 1.24. The smallest absolute Gasteiger partial charge is 0.230 e. The topological polar surface area (TPSA) is 66.9 Å². The fraction of sp³-hybridized carbons (Fsp3) is 0.167. The first-order chi connectivity index (χ1) is 12.2. The highest BCUT2D eigenvalue weighted by Crippen LogP contribution is 2.23. The molecule has 0 bridgehead atoms. The number of fused-ring (bicyclic) bond motifs is 1. The van der Waals surface area contributed by atoms with Gasteiger partial charge in [0, 0.05) is 24.5 Å². The van der Waals surface area contributed by atoms with Crippen molar-refractivity contribution in [3.63, 3.8) is 0 Å². The molecule has 0 aliphatic carbocycles. The van der Waals surface area contributed by atoms with E-state index in [4.69, 9.17) is 0 Å². The number of nitrogens with zero attached hydrogens (tertiary/aromatic N) is 2. The summed E-state index contributed by atoms with van der Waals surface area (Å²) in [7, 11) is 1.80. The van der Waals surface area contributed by atoms with Crippen molar-refractivity contribution in [3.05, 3.63) is 59.9 Å². The highest BCUT2D eigenvalue weighted by atomic mass is 32.2. The van der Waals surface area contributed by atoms with Crippen LogP contribution in [-0.4, -0.2) is 28.7 Å². The molecule has 0 saturated carbocycles. The zero-order chi connectivity index (χ0) is 17.6. The number of hydrogen-bond donors (Lipinski definition) is 2. The van der Waals surface area contributed by atoms with Gasteiger partial charge in [0.15, 0.2) is 5.16 Å². The van der Waals surface area contributed by atoms with E-state index in [0.29, 0.717) is 10.7 Å². The Balaban J connectivity index is 1.62. The summed E-state index contributed by atoms with van der Waals surface area (Å²) in [4.78, 5) is 20.9. The summed E-state index contributed by atoms with van der Waals surface area (Å²) in [6.07, 6.45) is 0. The van der Waals surface area contributed by atoms with Crippen molar-refractivity contribution in [2.24, 2.45) is 0 Å². The minimum Gasteiger partial charge on any atom is -0.372 e. The van der Waals surface area contributed by atoms with Gasteiger partial charge in [0.25, 0.3) is 0 Å². The van der Waals surface area contributed by atoms with Gasteiger partial charge in [0.2, 0.25) is 5.91 Å². The number of hydrogen-bond acceptors (Lipinski definition) is 5. The molecule has 1 amide bonds. The number of rotatable bonds is 6. The monoisotopic (exact) mass is 356 g/mol. The van der Waals surface area contributed by atoms with Gasteiger partial charge in [0.05, 0.1) is 11.3 Å². The molecule has 7 heteroatoms. The van der Waals surface area contributed by atoms with Crippen LogP contribution in [0.2, 0.25) is 0 Å². The van der Waals surface area contributed by atoms with Gasteiger partial charge >= 0.3 is 0 Å². The molecule has 0 spiro atoms. The Morgan fingerprint density at radius 2 is 1.88 bits per heavy atom. The van der Waals surface area contributed by atoms with E-state index in [1.165, 1.54) is 17.8 Å². The zero-order valence-electron chi connectivity index (χ0n) is 13.6. The van der Waals surface area contributed by atoms with Crippen LogP contribution >= 0.6 is 11.8 Å². The first kappa shape index (κ1) is 17.2. The number of anilines is 1. The molecule has 0 atom stereocenters. The van der Waals surface area contributed by atoms with Crippen LogP contribution in [0, 0.1) is 5.82 Å². The minimum atomic E-state index is -0.327. The summed E-state index contributed by atoms with van der Waals surface area (Å²) in [6.45, 7) is 0.159. The summed E-state index contributed by atoms with van der Waals surface area (Å²) in [5, 5.41) is 7.20. The highest BCUT2D eigenvalue weighted by molar-refractivity contribution is 7.99. The number of carbonyl (C=O) groups excluding carboxylic acids is 1. The molecule has 5 nitrogen and oxygen atoms in total. The van der Waals surface area contributed by atoms with Crippen molar-refractivity contribution in [3.8, 4) is 0 Å². The molecule has 3 aromatic rings. The van der Waals surface area contributed by atoms with Crippen LogP contribution in [0.3, 0.4) is 0 Å². The Morgan fingerprint density at radius 3 is 2.68 bits per heavy atom. The van der Waals surface area contributed by atoms with E-state index in [9.17, 15) is 9.18 Å². The third-order valence-corrected chi connectivity index (χ3v) is 4.43. The number of thioether (sulfide) groups is 1. The first-order valence-corrected chi connectivity index (χ1v) is 8.73. The van der Waals surface area contributed by atoms with Gasteiger partial charge in [-0.05, 0) is 18.2 Å². The number of carbonyl (C=O) groups is 1. The summed E-state index contributed by atoms with van der Waals surface area (Å²) in [5.41, 5.74) is 1.27. The quantitative estimate of drug-likeness (QED) is 0.524. The highest BCUT2D eigenvalue weighted by Gasteiger charge is 2.10. The number of benzene rings is 2. The zero-order valence-corrected chi connectivity index (χ0v) is 14.4. The largest absolute Gasteiger partial charge is 0.372 e. The lowest BCUT2D eigenvalue weighted by Gasteiger charge is -2.08. The molecule has 0 aliphatic rings. The van der Waals surface area contributed by atoms with Crippen LogP contribution in [0.5, 0.6) is 0 Å². The van der Waals surface area contributed by atoms with E-state index in [1.54, 1.807) is 25.2 Å². The second kappa shape index (κ2) is 7.94. The Kier molecular flexibility index (Phi) is 5.45. The molecule has 1 aromatic heterocycles. The van der Waals surface area contributed by atoms with Crippen molar-refractivity contribution in [2.75, 3.05) is 18.1 Å². The van der Waals surface area contributed by atoms with Crippen LogP contribution in [0.25, 0.3) is 10.9 Å². The number of amides is 1. The van der Waals surface area contributed by atoms with Gasteiger partial charge in [-0.25, -0.2) is 14.4 Å². The van der Waals surface area contributed by atoms with Gasteiger partial charge in [-0.15, -0.1) is 0 Å². The third kappa shape index (κ3) is 4.24. The van der Waals surface area contributed by atoms with Crippen LogP contribution < -0.4 is 10.6 Å². The number of nitrogens with one attached hydrogen (secondary N) is 2. The molecule has 0 fully saturated rings. The molecule has 0 unspecified atom stereocenters. The second-order valence-corrected chi connectivity index (χ2v) is 6.22.